The molecule has 3 rings (SSSR count). The van der Waals surface area contributed by atoms with E-state index in [9.17, 15) is 4.79 Å². The Morgan fingerprint density at radius 1 is 1.33 bits per heavy atom. The first kappa shape index (κ1) is 14.4. The molecule has 0 unspecified atom stereocenters. The molecular weight excluding hydrogens is 302 g/mol. The summed E-state index contributed by atoms with van der Waals surface area (Å²) in [6, 6.07) is 1.94. The van der Waals surface area contributed by atoms with E-state index >= 15 is 0 Å². The van der Waals surface area contributed by atoms with Crippen LogP contribution in [0, 0.1) is 0 Å². The standard InChI is InChI=1S/C15H17N3OS2/c1-4-10-6-11-13(19)17-12(18-15(11)21-10)5-9-7-20-14(16-9)8(2)3/h6-8H,4-5H2,1-3H3,(H,17,18,19). The van der Waals surface area contributed by atoms with E-state index in [4.69, 9.17) is 0 Å². The number of aromatic nitrogens is 3. The molecule has 0 saturated heterocycles. The van der Waals surface area contributed by atoms with Crippen molar-refractivity contribution in [3.05, 3.63) is 43.2 Å². The Hall–Kier alpha value is -1.53. The van der Waals surface area contributed by atoms with E-state index < -0.39 is 0 Å². The van der Waals surface area contributed by atoms with Crippen LogP contribution >= 0.6 is 22.7 Å². The van der Waals surface area contributed by atoms with E-state index in [2.05, 4.69) is 35.7 Å². The number of thiophene rings is 1. The molecular formula is C15H17N3OS2. The predicted molar refractivity (Wildman–Crippen MR) is 88.6 cm³/mol. The fourth-order valence-corrected chi connectivity index (χ4v) is 3.95. The van der Waals surface area contributed by atoms with Gasteiger partial charge in [-0.15, -0.1) is 22.7 Å². The summed E-state index contributed by atoms with van der Waals surface area (Å²) in [5.41, 5.74) is 0.920. The lowest BCUT2D eigenvalue weighted by Gasteiger charge is -1.99. The van der Waals surface area contributed by atoms with Gasteiger partial charge in [-0.2, -0.15) is 0 Å². The molecule has 3 heterocycles. The molecule has 0 fully saturated rings. The van der Waals surface area contributed by atoms with E-state index in [0.717, 1.165) is 22.0 Å². The molecule has 0 atom stereocenters. The van der Waals surface area contributed by atoms with Crippen molar-refractivity contribution >= 4 is 32.9 Å². The maximum Gasteiger partial charge on any atom is 0.259 e. The Morgan fingerprint density at radius 2 is 2.14 bits per heavy atom. The van der Waals surface area contributed by atoms with Crippen LogP contribution in [0.25, 0.3) is 10.2 Å². The van der Waals surface area contributed by atoms with Gasteiger partial charge in [0, 0.05) is 22.6 Å². The van der Waals surface area contributed by atoms with Crippen molar-refractivity contribution in [3.63, 3.8) is 0 Å². The van der Waals surface area contributed by atoms with Gasteiger partial charge in [-0.25, -0.2) is 9.97 Å². The van der Waals surface area contributed by atoms with Gasteiger partial charge in [0.1, 0.15) is 10.7 Å². The Balaban J connectivity index is 1.94. The maximum atomic E-state index is 12.1. The molecule has 110 valence electrons. The van der Waals surface area contributed by atoms with Gasteiger partial charge in [0.15, 0.2) is 0 Å². The molecule has 1 N–H and O–H groups in total. The third-order valence-electron chi connectivity index (χ3n) is 3.26. The zero-order chi connectivity index (χ0) is 15.0. The number of rotatable bonds is 4. The van der Waals surface area contributed by atoms with Gasteiger partial charge in [0.05, 0.1) is 16.1 Å². The highest BCUT2D eigenvalue weighted by atomic mass is 32.1. The predicted octanol–water partition coefficient (Wildman–Crippen LogP) is 3.72. The van der Waals surface area contributed by atoms with Crippen molar-refractivity contribution in [3.8, 4) is 0 Å². The van der Waals surface area contributed by atoms with Crippen LogP contribution in [0.2, 0.25) is 0 Å². The summed E-state index contributed by atoms with van der Waals surface area (Å²) < 4.78 is 0. The van der Waals surface area contributed by atoms with Crippen LogP contribution in [0.15, 0.2) is 16.2 Å². The normalized spacial score (nSPS) is 11.6. The van der Waals surface area contributed by atoms with E-state index in [-0.39, 0.29) is 5.56 Å². The maximum absolute atomic E-state index is 12.1. The minimum absolute atomic E-state index is 0.0507. The van der Waals surface area contributed by atoms with Crippen molar-refractivity contribution < 1.29 is 0 Å². The molecule has 0 aliphatic rings. The number of hydrogen-bond acceptors (Lipinski definition) is 5. The Labute approximate surface area is 130 Å². The summed E-state index contributed by atoms with van der Waals surface area (Å²) in [5.74, 6) is 1.13. The van der Waals surface area contributed by atoms with Crippen LogP contribution in [0.5, 0.6) is 0 Å². The van der Waals surface area contributed by atoms with Crippen LogP contribution in [-0.4, -0.2) is 15.0 Å². The number of hydrogen-bond donors (Lipinski definition) is 1. The van der Waals surface area contributed by atoms with Crippen molar-refractivity contribution in [2.45, 2.75) is 39.5 Å². The Morgan fingerprint density at radius 3 is 2.81 bits per heavy atom. The van der Waals surface area contributed by atoms with Gasteiger partial charge in [-0.3, -0.25) is 4.79 Å². The molecule has 4 nitrogen and oxygen atoms in total. The summed E-state index contributed by atoms with van der Waals surface area (Å²) in [7, 11) is 0. The molecule has 0 aromatic carbocycles. The highest BCUT2D eigenvalue weighted by molar-refractivity contribution is 7.18. The number of thiazole rings is 1. The van der Waals surface area contributed by atoms with Crippen molar-refractivity contribution in [1.82, 2.24) is 15.0 Å². The zero-order valence-electron chi connectivity index (χ0n) is 12.3. The monoisotopic (exact) mass is 319 g/mol. The molecule has 6 heteroatoms. The zero-order valence-corrected chi connectivity index (χ0v) is 13.9. The highest BCUT2D eigenvalue weighted by Gasteiger charge is 2.11. The minimum Gasteiger partial charge on any atom is -0.310 e. The summed E-state index contributed by atoms with van der Waals surface area (Å²) in [5, 5.41) is 3.87. The molecule has 0 aliphatic carbocycles. The number of nitrogens with one attached hydrogen (secondary N) is 1. The molecule has 0 bridgehead atoms. The van der Waals surface area contributed by atoms with Crippen molar-refractivity contribution in [1.29, 1.82) is 0 Å². The summed E-state index contributed by atoms with van der Waals surface area (Å²) in [6.07, 6.45) is 1.51. The lowest BCUT2D eigenvalue weighted by Crippen LogP contribution is -2.11. The fourth-order valence-electron chi connectivity index (χ4n) is 2.12. The van der Waals surface area contributed by atoms with Gasteiger partial charge in [-0.05, 0) is 12.5 Å². The van der Waals surface area contributed by atoms with Crippen molar-refractivity contribution in [2.75, 3.05) is 0 Å². The highest BCUT2D eigenvalue weighted by Crippen LogP contribution is 2.23. The summed E-state index contributed by atoms with van der Waals surface area (Å²) in [4.78, 5) is 26.2. The third kappa shape index (κ3) is 2.91. The molecule has 21 heavy (non-hydrogen) atoms. The van der Waals surface area contributed by atoms with E-state index in [1.54, 1.807) is 22.7 Å². The van der Waals surface area contributed by atoms with Crippen LogP contribution in [0.1, 0.15) is 48.1 Å². The van der Waals surface area contributed by atoms with Gasteiger partial charge in [-0.1, -0.05) is 20.8 Å². The smallest absolute Gasteiger partial charge is 0.259 e. The van der Waals surface area contributed by atoms with Crippen LogP contribution < -0.4 is 5.56 Å². The second kappa shape index (κ2) is 5.69. The van der Waals surface area contributed by atoms with E-state index in [1.165, 1.54) is 4.88 Å². The first-order valence-corrected chi connectivity index (χ1v) is 8.72. The van der Waals surface area contributed by atoms with E-state index in [0.29, 0.717) is 23.5 Å². The van der Waals surface area contributed by atoms with Gasteiger partial charge in [0.25, 0.3) is 5.56 Å². The third-order valence-corrected chi connectivity index (χ3v) is 5.63. The largest absolute Gasteiger partial charge is 0.310 e. The lowest BCUT2D eigenvalue weighted by molar-refractivity contribution is 0.836. The lowest BCUT2D eigenvalue weighted by atomic mass is 10.2. The topological polar surface area (TPSA) is 58.6 Å². The Kier molecular flexibility index (Phi) is 3.91. The van der Waals surface area contributed by atoms with Crippen LogP contribution in [-0.2, 0) is 12.8 Å². The Bertz CT molecular complexity index is 829. The number of aromatic amines is 1. The average molecular weight is 319 g/mol. The molecule has 3 aromatic heterocycles. The number of aryl methyl sites for hydroxylation is 1. The number of fused-ring (bicyclic) bond motifs is 1. The van der Waals surface area contributed by atoms with Crippen molar-refractivity contribution in [2.24, 2.45) is 0 Å². The second-order valence-corrected chi connectivity index (χ2v) is 7.31. The molecule has 0 saturated carbocycles. The molecule has 3 aromatic rings. The average Bonchev–Trinajstić information content (AvgIpc) is 3.05. The molecule has 0 radical (unpaired) electrons. The molecule has 0 amide bonds. The second-order valence-electron chi connectivity index (χ2n) is 5.31. The van der Waals surface area contributed by atoms with Gasteiger partial charge in [0.2, 0.25) is 0 Å². The molecule has 0 aliphatic heterocycles. The number of H-pyrrole nitrogens is 1. The van der Waals surface area contributed by atoms with Crippen LogP contribution in [0.3, 0.4) is 0 Å². The molecule has 0 spiro atoms. The minimum atomic E-state index is -0.0507. The fraction of sp³-hybridized carbons (Fsp3) is 0.400. The summed E-state index contributed by atoms with van der Waals surface area (Å²) in [6.45, 7) is 6.35. The first-order chi connectivity index (χ1) is 10.1. The quantitative estimate of drug-likeness (QED) is 0.797. The van der Waals surface area contributed by atoms with Gasteiger partial charge >= 0.3 is 0 Å². The van der Waals surface area contributed by atoms with Crippen LogP contribution in [0.4, 0.5) is 0 Å². The first-order valence-electron chi connectivity index (χ1n) is 7.02. The summed E-state index contributed by atoms with van der Waals surface area (Å²) >= 11 is 3.26. The van der Waals surface area contributed by atoms with E-state index in [1.807, 2.05) is 11.4 Å². The van der Waals surface area contributed by atoms with Gasteiger partial charge < -0.3 is 4.98 Å². The number of nitrogens with zero attached hydrogens (tertiary/aromatic N) is 2. The SMILES string of the molecule is CCc1cc2c(=O)[nH]c(Cc3csc(C(C)C)n3)nc2s1.